The van der Waals surface area contributed by atoms with Gasteiger partial charge in [0, 0.05) is 0 Å². The van der Waals surface area contributed by atoms with Crippen LogP contribution in [0.4, 0.5) is 0 Å². The van der Waals surface area contributed by atoms with Gasteiger partial charge in [0.25, 0.3) is 0 Å². The normalized spacial score (nSPS) is 13.7. The van der Waals surface area contributed by atoms with Crippen LogP contribution in [0.5, 0.6) is 0 Å². The Bertz CT molecular complexity index is 190. The fraction of sp³-hybridized carbons (Fsp3) is 0.714. The minimum atomic E-state index is -1.34. The third-order valence-corrected chi connectivity index (χ3v) is 1.44. The largest absolute Gasteiger partial charge is 0.481 e. The predicted octanol–water partition coefficient (Wildman–Crippen LogP) is 0.749. The molecule has 0 rings (SSSR count). The van der Waals surface area contributed by atoms with Gasteiger partial charge >= 0.3 is 11.9 Å². The van der Waals surface area contributed by atoms with E-state index >= 15 is 0 Å². The molecule has 0 aromatic heterocycles. The van der Waals surface area contributed by atoms with E-state index in [1.54, 1.807) is 20.8 Å². The summed E-state index contributed by atoms with van der Waals surface area (Å²) in [5, 5.41) is 16.6. The van der Waals surface area contributed by atoms with Gasteiger partial charge in [-0.25, -0.2) is 4.79 Å². The first-order valence-electron chi connectivity index (χ1n) is 3.38. The molecule has 70 valence electrons. The quantitative estimate of drug-likeness (QED) is 0.368. The molecule has 0 saturated carbocycles. The summed E-state index contributed by atoms with van der Waals surface area (Å²) in [6, 6.07) is 0. The van der Waals surface area contributed by atoms with Gasteiger partial charge in [-0.1, -0.05) is 20.8 Å². The van der Waals surface area contributed by atoms with Crippen molar-refractivity contribution in [1.29, 1.82) is 0 Å². The molecule has 12 heavy (non-hydrogen) atoms. The lowest BCUT2D eigenvalue weighted by Gasteiger charge is -2.23. The zero-order valence-corrected chi connectivity index (χ0v) is 7.20. The Morgan fingerprint density at radius 2 is 1.75 bits per heavy atom. The number of hydrogen-bond donors (Lipinski definition) is 2. The summed E-state index contributed by atoms with van der Waals surface area (Å²) in [6.07, 6.45) is 0. The van der Waals surface area contributed by atoms with E-state index in [0.29, 0.717) is 0 Å². The maximum absolute atomic E-state index is 10.7. The topological polar surface area (TPSA) is 83.8 Å². The molecule has 0 saturated heterocycles. The minimum absolute atomic E-state index is 0.772. The Morgan fingerprint density at radius 3 is 1.83 bits per heavy atom. The zero-order valence-electron chi connectivity index (χ0n) is 7.20. The van der Waals surface area contributed by atoms with E-state index in [9.17, 15) is 9.59 Å². The van der Waals surface area contributed by atoms with Crippen molar-refractivity contribution >= 4 is 11.9 Å². The van der Waals surface area contributed by atoms with Crippen molar-refractivity contribution < 1.29 is 24.8 Å². The predicted molar refractivity (Wildman–Crippen MR) is 39.3 cm³/mol. The van der Waals surface area contributed by atoms with Crippen LogP contribution in [-0.2, 0) is 14.5 Å². The van der Waals surface area contributed by atoms with Gasteiger partial charge in [0.05, 0.1) is 0 Å². The highest BCUT2D eigenvalue weighted by Gasteiger charge is 2.39. The Kier molecular flexibility index (Phi) is 3.21. The van der Waals surface area contributed by atoms with Gasteiger partial charge in [0.1, 0.15) is 0 Å². The van der Waals surface area contributed by atoms with E-state index in [4.69, 9.17) is 10.4 Å². The van der Waals surface area contributed by atoms with Crippen LogP contribution in [0.25, 0.3) is 0 Å². The van der Waals surface area contributed by atoms with Gasteiger partial charge in [-0.15, -0.1) is 0 Å². The Morgan fingerprint density at radius 1 is 1.33 bits per heavy atom. The van der Waals surface area contributed by atoms with E-state index in [2.05, 4.69) is 4.89 Å². The number of aliphatic carboxylic acids is 1. The van der Waals surface area contributed by atoms with E-state index < -0.39 is 23.3 Å². The molecule has 0 aliphatic heterocycles. The molecule has 1 unspecified atom stereocenters. The number of carboxylic acids is 1. The maximum atomic E-state index is 10.7. The Balaban J connectivity index is 4.68. The zero-order chi connectivity index (χ0) is 9.94. The standard InChI is InChI=1S/C7H12O5/c1-7(2,3)4(5(8)9)6(10)12-11/h4,11H,1-3H3,(H,8,9). The molecular formula is C7H12O5. The monoisotopic (exact) mass is 176 g/mol. The fourth-order valence-corrected chi connectivity index (χ4v) is 0.878. The molecule has 5 nitrogen and oxygen atoms in total. The van der Waals surface area contributed by atoms with Crippen molar-refractivity contribution in [2.75, 3.05) is 0 Å². The second-order valence-electron chi connectivity index (χ2n) is 3.55. The molecule has 0 aliphatic rings. The van der Waals surface area contributed by atoms with E-state index in [-0.39, 0.29) is 0 Å². The highest BCUT2D eigenvalue weighted by atomic mass is 17.1. The first-order chi connectivity index (χ1) is 5.30. The molecule has 0 aromatic rings. The molecule has 0 aromatic carbocycles. The van der Waals surface area contributed by atoms with E-state index in [1.165, 1.54) is 0 Å². The van der Waals surface area contributed by atoms with E-state index in [1.807, 2.05) is 0 Å². The number of hydrogen-bond acceptors (Lipinski definition) is 4. The summed E-state index contributed by atoms with van der Waals surface area (Å²) in [4.78, 5) is 24.7. The van der Waals surface area contributed by atoms with Crippen molar-refractivity contribution in [3.8, 4) is 0 Å². The summed E-state index contributed by atoms with van der Waals surface area (Å²) in [5.74, 6) is -3.79. The summed E-state index contributed by atoms with van der Waals surface area (Å²) < 4.78 is 0. The highest BCUT2D eigenvalue weighted by Crippen LogP contribution is 2.26. The van der Waals surface area contributed by atoms with Crippen LogP contribution >= 0.6 is 0 Å². The van der Waals surface area contributed by atoms with Gasteiger partial charge < -0.3 is 9.99 Å². The van der Waals surface area contributed by atoms with Crippen LogP contribution in [-0.4, -0.2) is 22.3 Å². The lowest BCUT2D eigenvalue weighted by molar-refractivity contribution is -0.242. The highest BCUT2D eigenvalue weighted by molar-refractivity contribution is 5.94. The van der Waals surface area contributed by atoms with E-state index in [0.717, 1.165) is 0 Å². The number of rotatable bonds is 2. The van der Waals surface area contributed by atoms with Crippen molar-refractivity contribution in [1.82, 2.24) is 0 Å². The molecule has 0 bridgehead atoms. The minimum Gasteiger partial charge on any atom is -0.481 e. The first-order valence-corrected chi connectivity index (χ1v) is 3.38. The molecule has 0 amide bonds. The van der Waals surface area contributed by atoms with Crippen LogP contribution in [0.1, 0.15) is 20.8 Å². The summed E-state index contributed by atoms with van der Waals surface area (Å²) in [7, 11) is 0. The second kappa shape index (κ2) is 3.53. The molecule has 1 atom stereocenters. The molecule has 0 radical (unpaired) electrons. The van der Waals surface area contributed by atoms with Crippen LogP contribution in [0.3, 0.4) is 0 Å². The average Bonchev–Trinajstić information content (AvgIpc) is 1.83. The lowest BCUT2D eigenvalue weighted by Crippen LogP contribution is -2.36. The van der Waals surface area contributed by atoms with Crippen LogP contribution in [0.2, 0.25) is 0 Å². The third-order valence-electron chi connectivity index (χ3n) is 1.44. The van der Waals surface area contributed by atoms with Crippen molar-refractivity contribution in [3.63, 3.8) is 0 Å². The maximum Gasteiger partial charge on any atom is 0.356 e. The molecule has 0 fully saturated rings. The Labute approximate surface area is 69.9 Å². The third kappa shape index (κ3) is 2.50. The summed E-state index contributed by atoms with van der Waals surface area (Å²) >= 11 is 0. The van der Waals surface area contributed by atoms with Gasteiger partial charge in [-0.2, -0.15) is 5.26 Å². The average molecular weight is 176 g/mol. The number of carboxylic acid groups (broad SMARTS) is 1. The van der Waals surface area contributed by atoms with Crippen molar-refractivity contribution in [3.05, 3.63) is 0 Å². The molecular weight excluding hydrogens is 164 g/mol. The molecule has 0 aliphatic carbocycles. The second-order valence-corrected chi connectivity index (χ2v) is 3.55. The SMILES string of the molecule is CC(C)(C)C(C(=O)O)C(=O)OO. The van der Waals surface area contributed by atoms with Gasteiger partial charge in [-0.05, 0) is 5.41 Å². The number of carbonyl (C=O) groups excluding carboxylic acids is 1. The summed E-state index contributed by atoms with van der Waals surface area (Å²) in [6.45, 7) is 4.72. The first kappa shape index (κ1) is 10.9. The van der Waals surface area contributed by atoms with Gasteiger partial charge in [0.15, 0.2) is 5.92 Å². The molecule has 2 N–H and O–H groups in total. The molecule has 0 heterocycles. The van der Waals surface area contributed by atoms with Gasteiger partial charge in [-0.3, -0.25) is 4.79 Å². The fourth-order valence-electron chi connectivity index (χ4n) is 0.878. The lowest BCUT2D eigenvalue weighted by atomic mass is 9.81. The smallest absolute Gasteiger partial charge is 0.356 e. The molecule has 0 spiro atoms. The van der Waals surface area contributed by atoms with Crippen molar-refractivity contribution in [2.24, 2.45) is 11.3 Å². The Hall–Kier alpha value is -1.10. The van der Waals surface area contributed by atoms with Crippen molar-refractivity contribution in [2.45, 2.75) is 20.8 Å². The number of carbonyl (C=O) groups is 2. The summed E-state index contributed by atoms with van der Waals surface area (Å²) in [5.41, 5.74) is -0.772. The van der Waals surface area contributed by atoms with Crippen LogP contribution < -0.4 is 0 Å². The van der Waals surface area contributed by atoms with Crippen LogP contribution in [0, 0.1) is 11.3 Å². The van der Waals surface area contributed by atoms with Crippen LogP contribution in [0.15, 0.2) is 0 Å². The van der Waals surface area contributed by atoms with Gasteiger partial charge in [0.2, 0.25) is 0 Å². The molecule has 5 heteroatoms.